The monoisotopic (exact) mass is 673 g/mol. The van der Waals surface area contributed by atoms with Gasteiger partial charge in [0.05, 0.1) is 12.6 Å². The molecule has 0 radical (unpaired) electrons. The minimum absolute atomic E-state index is 0.0812. The van der Waals surface area contributed by atoms with Crippen LogP contribution in [0.3, 0.4) is 0 Å². The van der Waals surface area contributed by atoms with Crippen molar-refractivity contribution in [3.63, 3.8) is 0 Å². The van der Waals surface area contributed by atoms with Gasteiger partial charge in [-0.15, -0.1) is 0 Å². The number of carbonyl (C=O) groups excluding carboxylic acids is 4. The smallest absolute Gasteiger partial charge is 0.250 e. The van der Waals surface area contributed by atoms with E-state index in [2.05, 4.69) is 16.0 Å². The van der Waals surface area contributed by atoms with E-state index in [1.165, 1.54) is 17.0 Å². The van der Waals surface area contributed by atoms with E-state index >= 15 is 0 Å². The van der Waals surface area contributed by atoms with Crippen molar-refractivity contribution in [1.29, 1.82) is 0 Å². The number of benzene rings is 4. The highest BCUT2D eigenvalue weighted by Crippen LogP contribution is 2.23. The van der Waals surface area contributed by atoms with Gasteiger partial charge in [-0.05, 0) is 60.3 Å². The van der Waals surface area contributed by atoms with Crippen molar-refractivity contribution in [1.82, 2.24) is 25.8 Å². The van der Waals surface area contributed by atoms with Crippen LogP contribution in [-0.4, -0.2) is 76.8 Å². The second-order valence-corrected chi connectivity index (χ2v) is 12.3. The fourth-order valence-corrected chi connectivity index (χ4v) is 5.73. The number of hydrogen-bond donors (Lipinski definition) is 4. The minimum Gasteiger partial charge on any atom is -0.508 e. The first-order valence-corrected chi connectivity index (χ1v) is 16.7. The lowest BCUT2D eigenvalue weighted by Gasteiger charge is -2.36. The second-order valence-electron chi connectivity index (χ2n) is 12.3. The van der Waals surface area contributed by atoms with Gasteiger partial charge >= 0.3 is 0 Å². The summed E-state index contributed by atoms with van der Waals surface area (Å²) in [4.78, 5) is 56.9. The summed E-state index contributed by atoms with van der Waals surface area (Å²) in [5, 5.41) is 18.0. The van der Waals surface area contributed by atoms with Crippen LogP contribution >= 0.6 is 0 Å². The van der Waals surface area contributed by atoms with E-state index in [1.54, 1.807) is 43.4 Å². The van der Waals surface area contributed by atoms with E-state index in [0.717, 1.165) is 22.3 Å². The molecule has 3 atom stereocenters. The van der Waals surface area contributed by atoms with E-state index in [0.29, 0.717) is 18.5 Å². The number of phenols is 1. The Morgan fingerprint density at radius 2 is 1.38 bits per heavy atom. The first kappa shape index (κ1) is 35.6. The van der Waals surface area contributed by atoms with Crippen LogP contribution in [0.1, 0.15) is 23.6 Å². The van der Waals surface area contributed by atoms with Gasteiger partial charge in [-0.1, -0.05) is 97.1 Å². The predicted molar refractivity (Wildman–Crippen MR) is 192 cm³/mol. The average Bonchev–Trinajstić information content (AvgIpc) is 3.15. The topological polar surface area (TPSA) is 131 Å². The van der Waals surface area contributed by atoms with Crippen molar-refractivity contribution in [2.24, 2.45) is 0 Å². The van der Waals surface area contributed by atoms with Crippen molar-refractivity contribution < 1.29 is 24.3 Å². The standard InChI is InChI=1S/C40H43N5O5/c1-28(41-2)38(48)43-35(25-30-15-19-34(46)20-16-30)39(49)42-27-37(47)45-24-23-44(22-21-29-9-5-3-6-10-29)40(50)36(45)26-31-13-17-33(18-14-31)32-11-7-4-8-12-32/h3-20,23-24,28,35-36,41,46H,21-22,25-27H2,1-2H3,(H,42,49)(H,43,48)/t28-,35-,36-/m0/s1. The molecular formula is C40H43N5O5. The molecule has 0 spiro atoms. The van der Waals surface area contributed by atoms with E-state index in [-0.39, 0.29) is 37.0 Å². The highest BCUT2D eigenvalue weighted by molar-refractivity contribution is 5.94. The Balaban J connectivity index is 1.31. The van der Waals surface area contributed by atoms with Gasteiger partial charge in [-0.2, -0.15) is 0 Å². The van der Waals surface area contributed by atoms with E-state index in [9.17, 15) is 24.3 Å². The maximum Gasteiger partial charge on any atom is 0.250 e. The zero-order valence-electron chi connectivity index (χ0n) is 28.3. The predicted octanol–water partition coefficient (Wildman–Crippen LogP) is 3.81. The molecule has 0 bridgehead atoms. The van der Waals surface area contributed by atoms with Gasteiger partial charge in [-0.25, -0.2) is 0 Å². The molecule has 1 aliphatic rings. The molecule has 10 heteroatoms. The normalized spacial score (nSPS) is 15.3. The van der Waals surface area contributed by atoms with Crippen LogP contribution in [0.2, 0.25) is 0 Å². The molecule has 4 aromatic rings. The third-order valence-corrected chi connectivity index (χ3v) is 8.82. The third kappa shape index (κ3) is 9.45. The molecule has 0 unspecified atom stereocenters. The molecule has 4 aromatic carbocycles. The summed E-state index contributed by atoms with van der Waals surface area (Å²) in [6, 6.07) is 31.8. The van der Waals surface area contributed by atoms with Crippen LogP contribution in [0.4, 0.5) is 0 Å². The number of carbonyl (C=O) groups is 4. The number of aromatic hydroxyl groups is 1. The van der Waals surface area contributed by atoms with Gasteiger partial charge in [-0.3, -0.25) is 19.2 Å². The molecule has 0 saturated carbocycles. The van der Waals surface area contributed by atoms with Crippen molar-refractivity contribution in [2.45, 2.75) is 44.3 Å². The molecule has 1 heterocycles. The molecule has 0 saturated heterocycles. The van der Waals surface area contributed by atoms with Crippen molar-refractivity contribution in [3.05, 3.63) is 138 Å². The Kier molecular flexibility index (Phi) is 12.1. The maximum atomic E-state index is 14.0. The number of likely N-dealkylation sites (N-methyl/N-ethyl adjacent to an activating group) is 1. The first-order valence-electron chi connectivity index (χ1n) is 16.7. The number of nitrogens with zero attached hydrogens (tertiary/aromatic N) is 2. The number of phenolic OH excluding ortho intramolecular Hbond substituents is 1. The molecule has 0 aromatic heterocycles. The highest BCUT2D eigenvalue weighted by Gasteiger charge is 2.35. The van der Waals surface area contributed by atoms with Crippen LogP contribution in [0.15, 0.2) is 122 Å². The quantitative estimate of drug-likeness (QED) is 0.161. The number of amides is 4. The van der Waals surface area contributed by atoms with Gasteiger partial charge in [0.25, 0.3) is 0 Å². The van der Waals surface area contributed by atoms with Crippen LogP contribution in [-0.2, 0) is 38.4 Å². The van der Waals surface area contributed by atoms with Gasteiger partial charge in [0.2, 0.25) is 23.6 Å². The van der Waals surface area contributed by atoms with Gasteiger partial charge in [0.1, 0.15) is 17.8 Å². The molecule has 0 aliphatic carbocycles. The lowest BCUT2D eigenvalue weighted by atomic mass is 9.98. The van der Waals surface area contributed by atoms with Crippen LogP contribution < -0.4 is 16.0 Å². The van der Waals surface area contributed by atoms with Crippen molar-refractivity contribution in [3.8, 4) is 16.9 Å². The Bertz CT molecular complexity index is 1780. The number of rotatable bonds is 14. The maximum absolute atomic E-state index is 14.0. The van der Waals surface area contributed by atoms with Gasteiger partial charge < -0.3 is 30.9 Å². The summed E-state index contributed by atoms with van der Waals surface area (Å²) in [5.41, 5.74) is 4.82. The molecule has 258 valence electrons. The van der Waals surface area contributed by atoms with Crippen LogP contribution in [0.25, 0.3) is 11.1 Å². The molecule has 10 nitrogen and oxygen atoms in total. The molecule has 50 heavy (non-hydrogen) atoms. The van der Waals surface area contributed by atoms with Crippen molar-refractivity contribution >= 4 is 23.6 Å². The third-order valence-electron chi connectivity index (χ3n) is 8.82. The molecule has 5 rings (SSSR count). The SMILES string of the molecule is CN[C@@H](C)C(=O)N[C@@H](Cc1ccc(O)cc1)C(=O)NCC(=O)N1C=CN(CCc2ccccc2)C(=O)[C@@H]1Cc1ccc(-c2ccccc2)cc1. The van der Waals surface area contributed by atoms with E-state index in [4.69, 9.17) is 0 Å². The fourth-order valence-electron chi connectivity index (χ4n) is 5.73. The molecule has 1 aliphatic heterocycles. The lowest BCUT2D eigenvalue weighted by molar-refractivity contribution is -0.143. The van der Waals surface area contributed by atoms with E-state index < -0.39 is 29.9 Å². The molecule has 0 fully saturated rings. The van der Waals surface area contributed by atoms with Crippen LogP contribution in [0, 0.1) is 0 Å². The lowest BCUT2D eigenvalue weighted by Crippen LogP contribution is -2.56. The highest BCUT2D eigenvalue weighted by atomic mass is 16.3. The summed E-state index contributed by atoms with van der Waals surface area (Å²) >= 11 is 0. The minimum atomic E-state index is -0.985. The Morgan fingerprint density at radius 3 is 2.04 bits per heavy atom. The zero-order chi connectivity index (χ0) is 35.5. The largest absolute Gasteiger partial charge is 0.508 e. The second kappa shape index (κ2) is 17.1. The van der Waals surface area contributed by atoms with E-state index in [1.807, 2.05) is 84.9 Å². The number of nitrogens with one attached hydrogen (secondary N) is 3. The van der Waals surface area contributed by atoms with Crippen molar-refractivity contribution in [2.75, 3.05) is 20.1 Å². The summed E-state index contributed by atoms with van der Waals surface area (Å²) < 4.78 is 0. The molecule has 4 amide bonds. The average molecular weight is 674 g/mol. The first-order chi connectivity index (χ1) is 24.2. The summed E-state index contributed by atoms with van der Waals surface area (Å²) in [7, 11) is 1.64. The summed E-state index contributed by atoms with van der Waals surface area (Å²) in [5.74, 6) is -1.52. The molecular weight excluding hydrogens is 630 g/mol. The summed E-state index contributed by atoms with van der Waals surface area (Å²) in [6.45, 7) is 1.74. The van der Waals surface area contributed by atoms with Crippen LogP contribution in [0.5, 0.6) is 5.75 Å². The Labute approximate surface area is 292 Å². The molecule has 4 N–H and O–H groups in total. The van der Waals surface area contributed by atoms with Gasteiger partial charge in [0.15, 0.2) is 0 Å². The Morgan fingerprint density at radius 1 is 0.760 bits per heavy atom. The summed E-state index contributed by atoms with van der Waals surface area (Å²) in [6.07, 6.45) is 4.30. The zero-order valence-corrected chi connectivity index (χ0v) is 28.3. The van der Waals surface area contributed by atoms with Gasteiger partial charge in [0, 0.05) is 31.8 Å². The fraction of sp³-hybridized carbons (Fsp3) is 0.250. The Hall–Kier alpha value is -5.74. The number of hydrogen-bond acceptors (Lipinski definition) is 6.